The van der Waals surface area contributed by atoms with E-state index in [9.17, 15) is 13.2 Å². The predicted octanol–water partition coefficient (Wildman–Crippen LogP) is 2.94. The van der Waals surface area contributed by atoms with Gasteiger partial charge in [-0.05, 0) is 19.4 Å². The number of alkyl halides is 4. The maximum atomic E-state index is 11.6. The molecule has 0 aromatic rings. The van der Waals surface area contributed by atoms with E-state index in [4.69, 9.17) is 11.6 Å². The monoisotopic (exact) mass is 217 g/mol. The topological polar surface area (TPSA) is 12.0 Å². The summed E-state index contributed by atoms with van der Waals surface area (Å²) < 4.78 is 34.8. The predicted molar refractivity (Wildman–Crippen MR) is 48.1 cm³/mol. The highest BCUT2D eigenvalue weighted by atomic mass is 35.5. The van der Waals surface area contributed by atoms with E-state index in [0.717, 1.165) is 25.7 Å². The van der Waals surface area contributed by atoms with Crippen molar-refractivity contribution in [2.45, 2.75) is 31.9 Å². The molecule has 1 N–H and O–H groups in total. The van der Waals surface area contributed by atoms with Crippen molar-refractivity contribution in [3.8, 4) is 0 Å². The third kappa shape index (κ3) is 12.0. The van der Waals surface area contributed by atoms with Crippen LogP contribution in [-0.4, -0.2) is 25.1 Å². The smallest absolute Gasteiger partial charge is 0.309 e. The van der Waals surface area contributed by atoms with Crippen LogP contribution in [0.2, 0.25) is 0 Å². The van der Waals surface area contributed by atoms with E-state index in [1.165, 1.54) is 0 Å². The maximum Gasteiger partial charge on any atom is 0.401 e. The molecule has 0 saturated heterocycles. The number of halogens is 4. The Morgan fingerprint density at radius 3 is 2.15 bits per heavy atom. The molecule has 5 heteroatoms. The quantitative estimate of drug-likeness (QED) is 0.511. The molecule has 0 atom stereocenters. The van der Waals surface area contributed by atoms with Gasteiger partial charge in [0.15, 0.2) is 0 Å². The van der Waals surface area contributed by atoms with E-state index in [0.29, 0.717) is 12.4 Å². The van der Waals surface area contributed by atoms with Crippen LogP contribution in [0.5, 0.6) is 0 Å². The molecule has 0 aromatic heterocycles. The van der Waals surface area contributed by atoms with Gasteiger partial charge in [-0.25, -0.2) is 0 Å². The van der Waals surface area contributed by atoms with Crippen molar-refractivity contribution in [2.75, 3.05) is 19.0 Å². The molecule has 1 nitrogen and oxygen atoms in total. The van der Waals surface area contributed by atoms with Crippen molar-refractivity contribution in [2.24, 2.45) is 0 Å². The fraction of sp³-hybridized carbons (Fsp3) is 1.00. The average Bonchev–Trinajstić information content (AvgIpc) is 2.01. The summed E-state index contributed by atoms with van der Waals surface area (Å²) in [6.45, 7) is -0.454. The van der Waals surface area contributed by atoms with E-state index in [-0.39, 0.29) is 0 Å². The summed E-state index contributed by atoms with van der Waals surface area (Å²) in [6, 6.07) is 0. The van der Waals surface area contributed by atoms with Crippen LogP contribution in [0.15, 0.2) is 0 Å². The molecule has 0 radical (unpaired) electrons. The van der Waals surface area contributed by atoms with Crippen molar-refractivity contribution in [1.29, 1.82) is 0 Å². The first kappa shape index (κ1) is 13.0. The Labute approximate surface area is 81.6 Å². The lowest BCUT2D eigenvalue weighted by Gasteiger charge is -2.07. The Morgan fingerprint density at radius 2 is 1.62 bits per heavy atom. The normalized spacial score (nSPS) is 12.0. The van der Waals surface area contributed by atoms with Crippen LogP contribution >= 0.6 is 11.6 Å². The molecule has 0 unspecified atom stereocenters. The molecule has 0 aliphatic carbocycles. The Balaban J connectivity index is 3.00. The van der Waals surface area contributed by atoms with Gasteiger partial charge in [-0.1, -0.05) is 12.8 Å². The van der Waals surface area contributed by atoms with Crippen molar-refractivity contribution in [3.63, 3.8) is 0 Å². The molecule has 0 fully saturated rings. The average molecular weight is 218 g/mol. The third-order valence-corrected chi connectivity index (χ3v) is 1.83. The molecular formula is C8H15ClF3N. The minimum Gasteiger partial charge on any atom is -0.309 e. The first-order valence-corrected chi connectivity index (χ1v) is 4.93. The van der Waals surface area contributed by atoms with Gasteiger partial charge in [0.1, 0.15) is 0 Å². The van der Waals surface area contributed by atoms with Crippen LogP contribution in [-0.2, 0) is 0 Å². The summed E-state index contributed by atoms with van der Waals surface area (Å²) >= 11 is 5.44. The molecule has 13 heavy (non-hydrogen) atoms. The highest BCUT2D eigenvalue weighted by Crippen LogP contribution is 2.12. The lowest BCUT2D eigenvalue weighted by atomic mass is 10.2. The fourth-order valence-corrected chi connectivity index (χ4v) is 1.12. The maximum absolute atomic E-state index is 11.6. The molecule has 80 valence electrons. The van der Waals surface area contributed by atoms with Crippen LogP contribution in [0.1, 0.15) is 25.7 Å². The Morgan fingerprint density at radius 1 is 1.00 bits per heavy atom. The molecular weight excluding hydrogens is 203 g/mol. The van der Waals surface area contributed by atoms with E-state index >= 15 is 0 Å². The summed E-state index contributed by atoms with van der Waals surface area (Å²) in [6.07, 6.45) is -0.418. The summed E-state index contributed by atoms with van der Waals surface area (Å²) in [5.41, 5.74) is 0. The van der Waals surface area contributed by atoms with E-state index < -0.39 is 12.7 Å². The summed E-state index contributed by atoms with van der Waals surface area (Å²) in [7, 11) is 0. The second-order valence-corrected chi connectivity index (χ2v) is 3.27. The molecule has 0 amide bonds. The van der Waals surface area contributed by atoms with E-state index in [1.54, 1.807) is 0 Å². The molecule has 0 aliphatic rings. The van der Waals surface area contributed by atoms with E-state index in [1.807, 2.05) is 0 Å². The van der Waals surface area contributed by atoms with Crippen molar-refractivity contribution in [3.05, 3.63) is 0 Å². The zero-order chi connectivity index (χ0) is 10.2. The zero-order valence-corrected chi connectivity index (χ0v) is 8.22. The van der Waals surface area contributed by atoms with Gasteiger partial charge in [0.25, 0.3) is 0 Å². The fourth-order valence-electron chi connectivity index (χ4n) is 0.928. The second kappa shape index (κ2) is 7.44. The van der Waals surface area contributed by atoms with Gasteiger partial charge >= 0.3 is 6.18 Å². The van der Waals surface area contributed by atoms with Gasteiger partial charge in [0, 0.05) is 5.88 Å². The van der Waals surface area contributed by atoms with Gasteiger partial charge in [-0.3, -0.25) is 0 Å². The summed E-state index contributed by atoms with van der Waals surface area (Å²) in [5.74, 6) is 0.635. The molecule has 0 spiro atoms. The molecule has 0 aromatic carbocycles. The van der Waals surface area contributed by atoms with Crippen LogP contribution in [0.3, 0.4) is 0 Å². The van der Waals surface area contributed by atoms with Crippen LogP contribution < -0.4 is 5.32 Å². The zero-order valence-electron chi connectivity index (χ0n) is 7.46. The third-order valence-electron chi connectivity index (χ3n) is 1.56. The molecule has 0 aliphatic heterocycles. The largest absolute Gasteiger partial charge is 0.401 e. The van der Waals surface area contributed by atoms with E-state index in [2.05, 4.69) is 5.32 Å². The van der Waals surface area contributed by atoms with Crippen LogP contribution in [0.4, 0.5) is 13.2 Å². The molecule has 0 bridgehead atoms. The number of hydrogen-bond donors (Lipinski definition) is 1. The van der Waals surface area contributed by atoms with Crippen molar-refractivity contribution >= 4 is 11.6 Å². The number of rotatable bonds is 7. The molecule has 0 heterocycles. The van der Waals surface area contributed by atoms with Gasteiger partial charge in [0.2, 0.25) is 0 Å². The summed E-state index contributed by atoms with van der Waals surface area (Å²) in [4.78, 5) is 0. The Hall–Kier alpha value is 0.0400. The highest BCUT2D eigenvalue weighted by Gasteiger charge is 2.25. The van der Waals surface area contributed by atoms with Crippen molar-refractivity contribution < 1.29 is 13.2 Å². The first-order valence-electron chi connectivity index (χ1n) is 4.39. The first-order chi connectivity index (χ1) is 6.06. The van der Waals surface area contributed by atoms with Gasteiger partial charge < -0.3 is 5.32 Å². The minimum absolute atomic E-state index is 0.432. The Kier molecular flexibility index (Phi) is 7.47. The standard InChI is InChI=1S/C8H15ClF3N/c9-5-3-1-2-4-6-13-7-8(10,11)12/h13H,1-7H2. The number of unbranched alkanes of at least 4 members (excludes halogenated alkanes) is 3. The van der Waals surface area contributed by atoms with Gasteiger partial charge in [-0.2, -0.15) is 13.2 Å². The number of nitrogens with one attached hydrogen (secondary N) is 1. The lowest BCUT2D eigenvalue weighted by Crippen LogP contribution is -2.29. The number of hydrogen-bond acceptors (Lipinski definition) is 1. The van der Waals surface area contributed by atoms with Gasteiger partial charge in [-0.15, -0.1) is 11.6 Å². The van der Waals surface area contributed by atoms with Gasteiger partial charge in [0.05, 0.1) is 6.54 Å². The van der Waals surface area contributed by atoms with Crippen LogP contribution in [0.25, 0.3) is 0 Å². The minimum atomic E-state index is -4.09. The molecule has 0 rings (SSSR count). The highest BCUT2D eigenvalue weighted by molar-refractivity contribution is 6.17. The molecule has 0 saturated carbocycles. The second-order valence-electron chi connectivity index (χ2n) is 2.90. The van der Waals surface area contributed by atoms with Crippen LogP contribution in [0, 0.1) is 0 Å². The Bertz CT molecular complexity index is 116. The lowest BCUT2D eigenvalue weighted by molar-refractivity contribution is -0.124. The summed E-state index contributed by atoms with van der Waals surface area (Å²) in [5, 5.41) is 2.34. The SMILES string of the molecule is FC(F)(F)CNCCCCCCCl. The van der Waals surface area contributed by atoms with Crippen molar-refractivity contribution in [1.82, 2.24) is 5.32 Å².